The van der Waals surface area contributed by atoms with E-state index in [9.17, 15) is 4.79 Å². The van der Waals surface area contributed by atoms with Crippen LogP contribution < -0.4 is 5.32 Å². The van der Waals surface area contributed by atoms with E-state index in [1.54, 1.807) is 0 Å². The number of nitrogens with zero attached hydrogens (tertiary/aromatic N) is 2. The number of hydrogen-bond donors (Lipinski definition) is 1. The summed E-state index contributed by atoms with van der Waals surface area (Å²) in [6.07, 6.45) is 3.97. The SMILES string of the molecule is Cc1ccc(C(=O)NC2CCCN(Cc3ccccn3)C2)cc1. The summed E-state index contributed by atoms with van der Waals surface area (Å²) >= 11 is 0. The van der Waals surface area contributed by atoms with Crippen LogP contribution >= 0.6 is 0 Å². The molecule has 1 atom stereocenters. The highest BCUT2D eigenvalue weighted by Crippen LogP contribution is 2.13. The van der Waals surface area contributed by atoms with Crippen molar-refractivity contribution in [3.05, 3.63) is 65.5 Å². The monoisotopic (exact) mass is 309 g/mol. The lowest BCUT2D eigenvalue weighted by Crippen LogP contribution is -2.47. The minimum atomic E-state index is 0.0229. The van der Waals surface area contributed by atoms with E-state index < -0.39 is 0 Å². The molecule has 1 aromatic carbocycles. The normalized spacial score (nSPS) is 18.6. The first-order valence-electron chi connectivity index (χ1n) is 8.20. The first-order chi connectivity index (χ1) is 11.2. The van der Waals surface area contributed by atoms with Gasteiger partial charge in [-0.15, -0.1) is 0 Å². The lowest BCUT2D eigenvalue weighted by atomic mass is 10.0. The van der Waals surface area contributed by atoms with Gasteiger partial charge in [0, 0.05) is 30.9 Å². The molecule has 4 heteroatoms. The van der Waals surface area contributed by atoms with Crippen LogP contribution in [0.15, 0.2) is 48.7 Å². The molecular weight excluding hydrogens is 286 g/mol. The van der Waals surface area contributed by atoms with Crippen molar-refractivity contribution in [1.29, 1.82) is 0 Å². The van der Waals surface area contributed by atoms with Gasteiger partial charge in [0.15, 0.2) is 0 Å². The number of amides is 1. The second-order valence-electron chi connectivity index (χ2n) is 6.23. The number of aryl methyl sites for hydroxylation is 1. The molecule has 0 spiro atoms. The molecule has 1 unspecified atom stereocenters. The summed E-state index contributed by atoms with van der Waals surface area (Å²) in [6.45, 7) is 4.82. The van der Waals surface area contributed by atoms with Crippen LogP contribution in [0.25, 0.3) is 0 Å². The highest BCUT2D eigenvalue weighted by Gasteiger charge is 2.22. The lowest BCUT2D eigenvalue weighted by molar-refractivity contribution is 0.0900. The van der Waals surface area contributed by atoms with E-state index in [1.165, 1.54) is 5.56 Å². The largest absolute Gasteiger partial charge is 0.348 e. The van der Waals surface area contributed by atoms with Crippen LogP contribution in [-0.2, 0) is 6.54 Å². The van der Waals surface area contributed by atoms with Crippen molar-refractivity contribution in [1.82, 2.24) is 15.2 Å². The van der Waals surface area contributed by atoms with Gasteiger partial charge < -0.3 is 5.32 Å². The Hall–Kier alpha value is -2.20. The van der Waals surface area contributed by atoms with Crippen molar-refractivity contribution >= 4 is 5.91 Å². The summed E-state index contributed by atoms with van der Waals surface area (Å²) in [5.41, 5.74) is 2.98. The second-order valence-corrected chi connectivity index (χ2v) is 6.23. The van der Waals surface area contributed by atoms with Gasteiger partial charge in [-0.25, -0.2) is 0 Å². The summed E-state index contributed by atoms with van der Waals surface area (Å²) in [4.78, 5) is 19.1. The standard InChI is InChI=1S/C19H23N3O/c1-15-7-9-16(10-8-15)19(23)21-18-6-4-12-22(14-18)13-17-5-2-3-11-20-17/h2-3,5,7-11,18H,4,6,12-14H2,1H3,(H,21,23). The summed E-state index contributed by atoms with van der Waals surface area (Å²) in [6, 6.07) is 13.9. The van der Waals surface area contributed by atoms with Gasteiger partial charge in [0.1, 0.15) is 0 Å². The molecule has 3 rings (SSSR count). The van der Waals surface area contributed by atoms with E-state index in [0.717, 1.165) is 43.7 Å². The first-order valence-corrected chi connectivity index (χ1v) is 8.20. The average Bonchev–Trinajstić information content (AvgIpc) is 2.57. The zero-order valence-electron chi connectivity index (χ0n) is 13.5. The van der Waals surface area contributed by atoms with Crippen LogP contribution in [-0.4, -0.2) is 34.9 Å². The fourth-order valence-electron chi connectivity index (χ4n) is 3.01. The third-order valence-corrected chi connectivity index (χ3v) is 4.27. The highest BCUT2D eigenvalue weighted by molar-refractivity contribution is 5.94. The number of hydrogen-bond acceptors (Lipinski definition) is 3. The Morgan fingerprint density at radius 3 is 2.83 bits per heavy atom. The molecule has 0 radical (unpaired) electrons. The Morgan fingerprint density at radius 1 is 1.26 bits per heavy atom. The van der Waals surface area contributed by atoms with Crippen molar-refractivity contribution in [2.75, 3.05) is 13.1 Å². The molecule has 1 fully saturated rings. The second kappa shape index (κ2) is 7.38. The van der Waals surface area contributed by atoms with E-state index in [4.69, 9.17) is 0 Å². The molecule has 0 saturated carbocycles. The van der Waals surface area contributed by atoms with Crippen LogP contribution in [0.3, 0.4) is 0 Å². The molecule has 1 aliphatic rings. The number of piperidine rings is 1. The molecular formula is C19H23N3O. The van der Waals surface area contributed by atoms with Crippen LogP contribution in [0.4, 0.5) is 0 Å². The predicted octanol–water partition coefficient (Wildman–Crippen LogP) is 2.78. The van der Waals surface area contributed by atoms with Gasteiger partial charge in [-0.3, -0.25) is 14.7 Å². The quantitative estimate of drug-likeness (QED) is 0.944. The van der Waals surface area contributed by atoms with Crippen LogP contribution in [0, 0.1) is 6.92 Å². The summed E-state index contributed by atoms with van der Waals surface area (Å²) in [5.74, 6) is 0.0229. The van der Waals surface area contributed by atoms with Gasteiger partial charge in [0.2, 0.25) is 0 Å². The number of rotatable bonds is 4. The summed E-state index contributed by atoms with van der Waals surface area (Å²) < 4.78 is 0. The van der Waals surface area contributed by atoms with Crippen molar-refractivity contribution in [2.45, 2.75) is 32.4 Å². The van der Waals surface area contributed by atoms with E-state index in [0.29, 0.717) is 0 Å². The molecule has 23 heavy (non-hydrogen) atoms. The number of likely N-dealkylation sites (tertiary alicyclic amines) is 1. The minimum Gasteiger partial charge on any atom is -0.348 e. The number of nitrogens with one attached hydrogen (secondary N) is 1. The van der Waals surface area contributed by atoms with Crippen molar-refractivity contribution in [3.8, 4) is 0 Å². The van der Waals surface area contributed by atoms with Gasteiger partial charge >= 0.3 is 0 Å². The maximum Gasteiger partial charge on any atom is 0.251 e. The number of carbonyl (C=O) groups is 1. The fraction of sp³-hybridized carbons (Fsp3) is 0.368. The Balaban J connectivity index is 1.56. The molecule has 0 bridgehead atoms. The molecule has 0 aliphatic carbocycles. The van der Waals surface area contributed by atoms with E-state index in [2.05, 4.69) is 21.3 Å². The van der Waals surface area contributed by atoms with Crippen molar-refractivity contribution in [2.24, 2.45) is 0 Å². The van der Waals surface area contributed by atoms with Gasteiger partial charge in [-0.05, 0) is 50.6 Å². The molecule has 2 aromatic rings. The third-order valence-electron chi connectivity index (χ3n) is 4.27. The van der Waals surface area contributed by atoms with Crippen molar-refractivity contribution < 1.29 is 4.79 Å². The number of pyridine rings is 1. The predicted molar refractivity (Wildman–Crippen MR) is 91.2 cm³/mol. The average molecular weight is 309 g/mol. The van der Waals surface area contributed by atoms with Crippen molar-refractivity contribution in [3.63, 3.8) is 0 Å². The zero-order valence-corrected chi connectivity index (χ0v) is 13.5. The molecule has 1 amide bonds. The summed E-state index contributed by atoms with van der Waals surface area (Å²) in [5, 5.41) is 3.17. The zero-order chi connectivity index (χ0) is 16.1. The molecule has 1 N–H and O–H groups in total. The van der Waals surface area contributed by atoms with Gasteiger partial charge in [0.05, 0.1) is 5.69 Å². The van der Waals surface area contributed by atoms with E-state index in [-0.39, 0.29) is 11.9 Å². The maximum atomic E-state index is 12.3. The minimum absolute atomic E-state index is 0.0229. The van der Waals surface area contributed by atoms with Crippen LogP contribution in [0.1, 0.15) is 34.5 Å². The van der Waals surface area contributed by atoms with E-state index in [1.807, 2.05) is 49.5 Å². The maximum absolute atomic E-state index is 12.3. The Bertz CT molecular complexity index is 639. The Morgan fingerprint density at radius 2 is 2.09 bits per heavy atom. The van der Waals surface area contributed by atoms with Gasteiger partial charge in [-0.2, -0.15) is 0 Å². The molecule has 120 valence electrons. The number of carbonyl (C=O) groups excluding carboxylic acids is 1. The third kappa shape index (κ3) is 4.39. The van der Waals surface area contributed by atoms with Crippen LogP contribution in [0.2, 0.25) is 0 Å². The lowest BCUT2D eigenvalue weighted by Gasteiger charge is -2.32. The van der Waals surface area contributed by atoms with Crippen LogP contribution in [0.5, 0.6) is 0 Å². The summed E-state index contributed by atoms with van der Waals surface area (Å²) in [7, 11) is 0. The Labute approximate surface area is 137 Å². The van der Waals surface area contributed by atoms with E-state index >= 15 is 0 Å². The topological polar surface area (TPSA) is 45.2 Å². The number of benzene rings is 1. The fourth-order valence-corrected chi connectivity index (χ4v) is 3.01. The van der Waals surface area contributed by atoms with Gasteiger partial charge in [0.25, 0.3) is 5.91 Å². The molecule has 1 aliphatic heterocycles. The number of aromatic nitrogens is 1. The van der Waals surface area contributed by atoms with Gasteiger partial charge in [-0.1, -0.05) is 23.8 Å². The molecule has 2 heterocycles. The first kappa shape index (κ1) is 15.7. The molecule has 4 nitrogen and oxygen atoms in total. The smallest absolute Gasteiger partial charge is 0.251 e. The highest BCUT2D eigenvalue weighted by atomic mass is 16.1. The molecule has 1 aromatic heterocycles. The Kier molecular flexibility index (Phi) is 5.03. The molecule has 1 saturated heterocycles.